The largest absolute Gasteiger partial charge is 0.393 e. The van der Waals surface area contributed by atoms with Gasteiger partial charge in [0.05, 0.1) is 10.9 Å². The Morgan fingerprint density at radius 1 is 1.17 bits per heavy atom. The molecule has 0 radical (unpaired) electrons. The Labute approximate surface area is 117 Å². The highest BCUT2D eigenvalue weighted by Crippen LogP contribution is 2.10. The highest BCUT2D eigenvalue weighted by atomic mass is 32.1. The number of nitrogens with two attached hydrogens (primary N) is 1. The normalized spacial score (nSPS) is 13.9. The molecule has 2 atom stereocenters. The molecule has 0 aromatic heterocycles. The van der Waals surface area contributed by atoms with Crippen molar-refractivity contribution in [3.63, 3.8) is 0 Å². The topological polar surface area (TPSA) is 55.1 Å². The van der Waals surface area contributed by atoms with Crippen LogP contribution in [0.25, 0.3) is 0 Å². The third-order valence-corrected chi connectivity index (χ3v) is 3.40. The van der Waals surface area contributed by atoms with Crippen LogP contribution in [0.15, 0.2) is 0 Å². The highest BCUT2D eigenvalue weighted by molar-refractivity contribution is 7.80. The molecular formula is C14H28N2OS. The molecule has 3 N–H and O–H groups in total. The minimum Gasteiger partial charge on any atom is -0.393 e. The van der Waals surface area contributed by atoms with Gasteiger partial charge in [-0.25, -0.2) is 0 Å². The van der Waals surface area contributed by atoms with Gasteiger partial charge in [0, 0.05) is 6.04 Å². The summed E-state index contributed by atoms with van der Waals surface area (Å²) in [4.78, 5) is 12.3. The second-order valence-corrected chi connectivity index (χ2v) is 5.47. The Bertz CT molecular complexity index is 256. The zero-order valence-electron chi connectivity index (χ0n) is 12.0. The summed E-state index contributed by atoms with van der Waals surface area (Å²) in [6, 6.07) is 0.211. The van der Waals surface area contributed by atoms with Crippen LogP contribution < -0.4 is 11.1 Å². The number of carbonyl (C=O) groups excluding carboxylic acids is 1. The van der Waals surface area contributed by atoms with Crippen molar-refractivity contribution in [2.75, 3.05) is 0 Å². The molecule has 0 aromatic carbocycles. The van der Waals surface area contributed by atoms with E-state index >= 15 is 0 Å². The van der Waals surface area contributed by atoms with Crippen molar-refractivity contribution in [2.45, 2.75) is 71.8 Å². The molecule has 0 aliphatic rings. The Kier molecular flexibility index (Phi) is 9.93. The van der Waals surface area contributed by atoms with E-state index in [4.69, 9.17) is 18.0 Å². The summed E-state index contributed by atoms with van der Waals surface area (Å²) in [5, 5.41) is 3.02. The molecule has 0 aliphatic carbocycles. The summed E-state index contributed by atoms with van der Waals surface area (Å²) >= 11 is 4.95. The molecule has 4 heteroatoms. The van der Waals surface area contributed by atoms with E-state index in [9.17, 15) is 4.79 Å². The fraction of sp³-hybridized carbons (Fsp3) is 0.857. The Hall–Kier alpha value is -0.640. The van der Waals surface area contributed by atoms with Crippen molar-refractivity contribution in [3.05, 3.63) is 0 Å². The minimum absolute atomic E-state index is 0.00709. The monoisotopic (exact) mass is 272 g/mol. The molecule has 2 unspecified atom stereocenters. The van der Waals surface area contributed by atoms with Gasteiger partial charge in [0.2, 0.25) is 5.91 Å². The Balaban J connectivity index is 3.99. The molecule has 0 saturated heterocycles. The number of nitrogens with one attached hydrogen (secondary N) is 1. The smallest absolute Gasteiger partial charge is 0.230 e. The first-order valence-corrected chi connectivity index (χ1v) is 7.53. The molecule has 1 amide bonds. The highest BCUT2D eigenvalue weighted by Gasteiger charge is 2.21. The summed E-state index contributed by atoms with van der Waals surface area (Å²) in [6.45, 7) is 6.28. The first kappa shape index (κ1) is 17.4. The molecule has 0 saturated carbocycles. The first-order valence-electron chi connectivity index (χ1n) is 7.12. The second kappa shape index (κ2) is 10.3. The van der Waals surface area contributed by atoms with Crippen molar-refractivity contribution < 1.29 is 4.79 Å². The third kappa shape index (κ3) is 7.64. The van der Waals surface area contributed by atoms with E-state index in [2.05, 4.69) is 12.2 Å². The lowest BCUT2D eigenvalue weighted by molar-refractivity contribution is -0.123. The molecule has 106 valence electrons. The lowest BCUT2D eigenvalue weighted by Gasteiger charge is -2.19. The second-order valence-electron chi connectivity index (χ2n) is 5.00. The first-order chi connectivity index (χ1) is 8.52. The number of unbranched alkanes of at least 4 members (excludes halogenated alkanes) is 3. The van der Waals surface area contributed by atoms with Gasteiger partial charge in [0.1, 0.15) is 0 Å². The van der Waals surface area contributed by atoms with Crippen molar-refractivity contribution in [2.24, 2.45) is 11.7 Å². The molecule has 0 aromatic rings. The van der Waals surface area contributed by atoms with Crippen molar-refractivity contribution in [1.29, 1.82) is 0 Å². The molecule has 0 rings (SSSR count). The van der Waals surface area contributed by atoms with Crippen molar-refractivity contribution in [1.82, 2.24) is 5.32 Å². The summed E-state index contributed by atoms with van der Waals surface area (Å²) in [5.74, 6) is -0.310. The van der Waals surface area contributed by atoms with Crippen LogP contribution in [0, 0.1) is 5.92 Å². The van der Waals surface area contributed by atoms with Crippen LogP contribution in [0.2, 0.25) is 0 Å². The number of amides is 1. The van der Waals surface area contributed by atoms with E-state index in [1.807, 2.05) is 13.8 Å². The maximum atomic E-state index is 12.0. The lowest BCUT2D eigenvalue weighted by Crippen LogP contribution is -2.41. The Morgan fingerprint density at radius 3 is 2.33 bits per heavy atom. The van der Waals surface area contributed by atoms with Crippen molar-refractivity contribution in [3.8, 4) is 0 Å². The molecule has 18 heavy (non-hydrogen) atoms. The van der Waals surface area contributed by atoms with Crippen molar-refractivity contribution >= 4 is 23.1 Å². The summed E-state index contributed by atoms with van der Waals surface area (Å²) < 4.78 is 0. The maximum absolute atomic E-state index is 12.0. The summed E-state index contributed by atoms with van der Waals surface area (Å²) in [7, 11) is 0. The summed E-state index contributed by atoms with van der Waals surface area (Å²) in [6.07, 6.45) is 7.60. The SMILES string of the molecule is CCCCCCC(C)NC(=O)C(CCC)C(N)=S. The van der Waals surface area contributed by atoms with Gasteiger partial charge >= 0.3 is 0 Å². The number of hydrogen-bond acceptors (Lipinski definition) is 2. The van der Waals surface area contributed by atoms with Gasteiger partial charge < -0.3 is 11.1 Å². The van der Waals surface area contributed by atoms with E-state index in [1.54, 1.807) is 0 Å². The van der Waals surface area contributed by atoms with Crippen LogP contribution in [0.5, 0.6) is 0 Å². The molecule has 0 aliphatic heterocycles. The summed E-state index contributed by atoms with van der Waals surface area (Å²) in [5.41, 5.74) is 5.61. The maximum Gasteiger partial charge on any atom is 0.230 e. The van der Waals surface area contributed by atoms with Crippen LogP contribution in [-0.2, 0) is 4.79 Å². The predicted octanol–water partition coefficient (Wildman–Crippen LogP) is 3.16. The zero-order chi connectivity index (χ0) is 14.0. The fourth-order valence-corrected chi connectivity index (χ4v) is 2.21. The Morgan fingerprint density at radius 2 is 1.83 bits per heavy atom. The van der Waals surface area contributed by atoms with Gasteiger partial charge in [0.25, 0.3) is 0 Å². The molecule has 0 spiro atoms. The van der Waals surface area contributed by atoms with E-state index in [1.165, 1.54) is 25.7 Å². The van der Waals surface area contributed by atoms with Gasteiger partial charge in [-0.1, -0.05) is 58.2 Å². The molecule has 3 nitrogen and oxygen atoms in total. The van der Waals surface area contributed by atoms with Gasteiger partial charge in [-0.3, -0.25) is 4.79 Å². The van der Waals surface area contributed by atoms with Crippen LogP contribution >= 0.6 is 12.2 Å². The number of carbonyl (C=O) groups is 1. The van der Waals surface area contributed by atoms with Crippen LogP contribution in [0.3, 0.4) is 0 Å². The predicted molar refractivity (Wildman–Crippen MR) is 81.5 cm³/mol. The zero-order valence-corrected chi connectivity index (χ0v) is 12.8. The minimum atomic E-state index is -0.303. The van der Waals surface area contributed by atoms with Crippen LogP contribution in [-0.4, -0.2) is 16.9 Å². The number of rotatable bonds is 10. The van der Waals surface area contributed by atoms with Gasteiger partial charge in [-0.15, -0.1) is 0 Å². The van der Waals surface area contributed by atoms with E-state index in [0.717, 1.165) is 19.3 Å². The molecule has 0 fully saturated rings. The standard InChI is InChI=1S/C14H28N2OS/c1-4-6-7-8-10-11(3)16-14(17)12(9-5-2)13(15)18/h11-12H,4-10H2,1-3H3,(H2,15,18)(H,16,17). The number of hydrogen-bond donors (Lipinski definition) is 2. The molecular weight excluding hydrogens is 244 g/mol. The number of thiocarbonyl (C=S) groups is 1. The molecule has 0 heterocycles. The average Bonchev–Trinajstić information content (AvgIpc) is 2.31. The van der Waals surface area contributed by atoms with Crippen LogP contribution in [0.4, 0.5) is 0 Å². The van der Waals surface area contributed by atoms with Crippen LogP contribution in [0.1, 0.15) is 65.7 Å². The fourth-order valence-electron chi connectivity index (χ4n) is 1.98. The van der Waals surface area contributed by atoms with Gasteiger partial charge in [0.15, 0.2) is 0 Å². The van der Waals surface area contributed by atoms with E-state index in [0.29, 0.717) is 4.99 Å². The average molecular weight is 272 g/mol. The van der Waals surface area contributed by atoms with Gasteiger partial charge in [-0.05, 0) is 19.8 Å². The van der Waals surface area contributed by atoms with Gasteiger partial charge in [-0.2, -0.15) is 0 Å². The lowest BCUT2D eigenvalue weighted by atomic mass is 10.0. The quantitative estimate of drug-likeness (QED) is 0.474. The van der Waals surface area contributed by atoms with E-state index < -0.39 is 0 Å². The third-order valence-electron chi connectivity index (χ3n) is 3.12. The van der Waals surface area contributed by atoms with E-state index in [-0.39, 0.29) is 17.9 Å². The molecule has 0 bridgehead atoms.